The molecule has 156 valence electrons. The number of alkyl halides is 3. The molecule has 1 heterocycles. The molecule has 3 aromatic carbocycles. The van der Waals surface area contributed by atoms with Crippen LogP contribution in [0.2, 0.25) is 0 Å². The molecule has 0 bridgehead atoms. The minimum absolute atomic E-state index is 0.113. The summed E-state index contributed by atoms with van der Waals surface area (Å²) in [6.07, 6.45) is -4.65. The van der Waals surface area contributed by atoms with Gasteiger partial charge >= 0.3 is 6.18 Å². The fourth-order valence-corrected chi connectivity index (χ4v) is 3.37. The van der Waals surface area contributed by atoms with Crippen LogP contribution in [0.15, 0.2) is 82.4 Å². The third-order valence-electron chi connectivity index (χ3n) is 4.94. The van der Waals surface area contributed by atoms with Crippen molar-refractivity contribution < 1.29 is 18.0 Å². The first-order valence-electron chi connectivity index (χ1n) is 9.28. The molecule has 0 fully saturated rings. The molecular formula is C23H15F3N2O3. The lowest BCUT2D eigenvalue weighted by Crippen LogP contribution is -2.29. The van der Waals surface area contributed by atoms with Gasteiger partial charge in [-0.2, -0.15) is 13.2 Å². The molecular weight excluding hydrogens is 409 g/mol. The van der Waals surface area contributed by atoms with Crippen LogP contribution >= 0.6 is 0 Å². The van der Waals surface area contributed by atoms with Crippen molar-refractivity contribution in [3.63, 3.8) is 0 Å². The molecule has 1 aromatic heterocycles. The summed E-state index contributed by atoms with van der Waals surface area (Å²) in [6, 6.07) is 16.9. The second-order valence-corrected chi connectivity index (χ2v) is 6.93. The van der Waals surface area contributed by atoms with Gasteiger partial charge in [-0.1, -0.05) is 42.5 Å². The molecule has 0 amide bonds. The maximum absolute atomic E-state index is 12.9. The highest BCUT2D eigenvalue weighted by Crippen LogP contribution is 2.29. The topological polar surface area (TPSA) is 71.9 Å². The fraction of sp³-hybridized carbons (Fsp3) is 0.0870. The standard InChI is InChI=1S/C23H15F3N2O3/c24-23(25,26)16-11-9-14(10-12-16)20(29)13-15-5-1-4-8-19(15)28-22(31)18-7-3-2-6-17(18)21(30)27-28/h1-12H,13H2,(H,27,30). The van der Waals surface area contributed by atoms with Crippen LogP contribution in [0.25, 0.3) is 16.5 Å². The number of halogens is 3. The van der Waals surface area contributed by atoms with Gasteiger partial charge in [0.2, 0.25) is 0 Å². The Bertz CT molecular complexity index is 1400. The second kappa shape index (κ2) is 7.71. The van der Waals surface area contributed by atoms with E-state index >= 15 is 0 Å². The van der Waals surface area contributed by atoms with Crippen LogP contribution in [0.1, 0.15) is 21.5 Å². The van der Waals surface area contributed by atoms with E-state index in [0.29, 0.717) is 11.3 Å². The largest absolute Gasteiger partial charge is 0.416 e. The summed E-state index contributed by atoms with van der Waals surface area (Å²) in [4.78, 5) is 38.0. The Kier molecular flexibility index (Phi) is 5.06. The van der Waals surface area contributed by atoms with Gasteiger partial charge in [-0.3, -0.25) is 19.5 Å². The lowest BCUT2D eigenvalue weighted by molar-refractivity contribution is -0.137. The van der Waals surface area contributed by atoms with Crippen LogP contribution in [0, 0.1) is 0 Å². The highest BCUT2D eigenvalue weighted by atomic mass is 19.4. The van der Waals surface area contributed by atoms with E-state index in [4.69, 9.17) is 0 Å². The van der Waals surface area contributed by atoms with E-state index in [0.717, 1.165) is 28.9 Å². The van der Waals surface area contributed by atoms with Crippen LogP contribution in [-0.4, -0.2) is 15.6 Å². The number of aromatic amines is 1. The number of Topliss-reactive ketones (excluding diaryl/α,β-unsaturated/α-hetero) is 1. The Hall–Kier alpha value is -3.94. The first-order chi connectivity index (χ1) is 14.8. The SMILES string of the molecule is O=C(Cc1ccccc1-n1[nH]c(=O)c2ccccc2c1=O)c1ccc(C(F)(F)F)cc1. The number of hydrogen-bond donors (Lipinski definition) is 1. The van der Waals surface area contributed by atoms with E-state index in [2.05, 4.69) is 5.10 Å². The molecule has 8 heteroatoms. The van der Waals surface area contributed by atoms with Crippen molar-refractivity contribution in [2.24, 2.45) is 0 Å². The molecule has 1 N–H and O–H groups in total. The number of ketones is 1. The lowest BCUT2D eigenvalue weighted by Gasteiger charge is -2.12. The number of hydrogen-bond acceptors (Lipinski definition) is 3. The maximum atomic E-state index is 12.9. The van der Waals surface area contributed by atoms with Gasteiger partial charge in [-0.15, -0.1) is 0 Å². The van der Waals surface area contributed by atoms with E-state index in [-0.39, 0.29) is 22.8 Å². The van der Waals surface area contributed by atoms with Gasteiger partial charge in [0.1, 0.15) is 0 Å². The molecule has 0 unspecified atom stereocenters. The first-order valence-corrected chi connectivity index (χ1v) is 9.28. The van der Waals surface area contributed by atoms with Gasteiger partial charge in [0, 0.05) is 12.0 Å². The molecule has 0 aliphatic heterocycles. The summed E-state index contributed by atoms with van der Waals surface area (Å²) in [5, 5.41) is 3.01. The lowest BCUT2D eigenvalue weighted by atomic mass is 10.0. The van der Waals surface area contributed by atoms with Crippen LogP contribution < -0.4 is 11.1 Å². The van der Waals surface area contributed by atoms with Gasteiger partial charge in [-0.05, 0) is 35.9 Å². The number of para-hydroxylation sites is 1. The van der Waals surface area contributed by atoms with Crippen LogP contribution in [0.4, 0.5) is 13.2 Å². The molecule has 0 spiro atoms. The second-order valence-electron chi connectivity index (χ2n) is 6.93. The van der Waals surface area contributed by atoms with Crippen molar-refractivity contribution in [3.8, 4) is 5.69 Å². The quantitative estimate of drug-likeness (QED) is 0.501. The number of fused-ring (bicyclic) bond motifs is 1. The average molecular weight is 424 g/mol. The molecule has 0 aliphatic carbocycles. The Labute approximate surface area is 173 Å². The highest BCUT2D eigenvalue weighted by molar-refractivity contribution is 5.98. The van der Waals surface area contributed by atoms with Crippen molar-refractivity contribution in [2.75, 3.05) is 0 Å². The molecule has 0 saturated heterocycles. The summed E-state index contributed by atoms with van der Waals surface area (Å²) in [5.74, 6) is -0.419. The normalized spacial score (nSPS) is 11.6. The number of benzene rings is 3. The van der Waals surface area contributed by atoms with E-state index in [1.807, 2.05) is 0 Å². The van der Waals surface area contributed by atoms with Crippen molar-refractivity contribution in [1.82, 2.24) is 9.78 Å². The number of H-pyrrole nitrogens is 1. The number of carbonyl (C=O) groups excluding carboxylic acids is 1. The number of carbonyl (C=O) groups is 1. The van der Waals surface area contributed by atoms with Gasteiger partial charge in [0.15, 0.2) is 5.78 Å². The van der Waals surface area contributed by atoms with E-state index < -0.39 is 28.6 Å². The summed E-state index contributed by atoms with van der Waals surface area (Å²) in [5.41, 5.74) is -0.883. The van der Waals surface area contributed by atoms with Crippen LogP contribution in [0.5, 0.6) is 0 Å². The third-order valence-corrected chi connectivity index (χ3v) is 4.94. The van der Waals surface area contributed by atoms with E-state index in [1.165, 1.54) is 0 Å². The Morgan fingerprint density at radius 3 is 2.13 bits per heavy atom. The van der Waals surface area contributed by atoms with Gasteiger partial charge in [0.25, 0.3) is 11.1 Å². The maximum Gasteiger partial charge on any atom is 0.416 e. The zero-order chi connectivity index (χ0) is 22.2. The molecule has 0 saturated carbocycles. The monoisotopic (exact) mass is 424 g/mol. The first kappa shape index (κ1) is 20.3. The number of nitrogens with one attached hydrogen (secondary N) is 1. The van der Waals surface area contributed by atoms with E-state index in [9.17, 15) is 27.6 Å². The van der Waals surface area contributed by atoms with Crippen molar-refractivity contribution >= 4 is 16.6 Å². The Morgan fingerprint density at radius 1 is 0.839 bits per heavy atom. The van der Waals surface area contributed by atoms with Gasteiger partial charge in [-0.25, -0.2) is 4.68 Å². The van der Waals surface area contributed by atoms with Crippen molar-refractivity contribution in [1.29, 1.82) is 0 Å². The predicted molar refractivity (Wildman–Crippen MR) is 110 cm³/mol. The molecule has 0 radical (unpaired) electrons. The molecule has 5 nitrogen and oxygen atoms in total. The van der Waals surface area contributed by atoms with Crippen LogP contribution in [-0.2, 0) is 12.6 Å². The number of rotatable bonds is 4. The number of nitrogens with zero attached hydrogens (tertiary/aromatic N) is 1. The number of aromatic nitrogens is 2. The molecule has 4 aromatic rings. The minimum atomic E-state index is -4.49. The van der Waals surface area contributed by atoms with E-state index in [1.54, 1.807) is 48.5 Å². The van der Waals surface area contributed by atoms with Gasteiger partial charge in [0.05, 0.1) is 22.0 Å². The summed E-state index contributed by atoms with van der Waals surface area (Å²) in [7, 11) is 0. The predicted octanol–water partition coefficient (Wildman–Crippen LogP) is 4.12. The summed E-state index contributed by atoms with van der Waals surface area (Å²) < 4.78 is 39.3. The van der Waals surface area contributed by atoms with Crippen LogP contribution in [0.3, 0.4) is 0 Å². The smallest absolute Gasteiger partial charge is 0.294 e. The summed E-state index contributed by atoms with van der Waals surface area (Å²) >= 11 is 0. The molecule has 4 rings (SSSR count). The molecule has 0 atom stereocenters. The Morgan fingerprint density at radius 2 is 1.45 bits per heavy atom. The molecule has 0 aliphatic rings. The fourth-order valence-electron chi connectivity index (χ4n) is 3.37. The zero-order valence-electron chi connectivity index (χ0n) is 15.9. The summed E-state index contributed by atoms with van der Waals surface area (Å²) in [6.45, 7) is 0. The average Bonchev–Trinajstić information content (AvgIpc) is 2.76. The van der Waals surface area contributed by atoms with Gasteiger partial charge < -0.3 is 0 Å². The Balaban J connectivity index is 1.73. The highest BCUT2D eigenvalue weighted by Gasteiger charge is 2.30. The minimum Gasteiger partial charge on any atom is -0.294 e. The molecule has 31 heavy (non-hydrogen) atoms. The zero-order valence-corrected chi connectivity index (χ0v) is 15.9. The third kappa shape index (κ3) is 3.92. The van der Waals surface area contributed by atoms with Crippen molar-refractivity contribution in [3.05, 3.63) is 110 Å². The van der Waals surface area contributed by atoms with Crippen molar-refractivity contribution in [2.45, 2.75) is 12.6 Å².